The molecule has 4 nitrogen and oxygen atoms in total. The molecule has 0 aliphatic rings. The molecule has 0 radical (unpaired) electrons. The molecule has 0 fully saturated rings. The lowest BCUT2D eigenvalue weighted by Crippen LogP contribution is -2.18. The van der Waals surface area contributed by atoms with E-state index in [9.17, 15) is 4.79 Å². The monoisotopic (exact) mass is 308 g/mol. The summed E-state index contributed by atoms with van der Waals surface area (Å²) in [5.74, 6) is 6.08. The molecule has 0 bridgehead atoms. The van der Waals surface area contributed by atoms with Gasteiger partial charge < -0.3 is 10.4 Å². The van der Waals surface area contributed by atoms with E-state index >= 15 is 0 Å². The second-order valence-electron chi connectivity index (χ2n) is 6.43. The quantitative estimate of drug-likeness (QED) is 0.821. The third-order valence-electron chi connectivity index (χ3n) is 2.70. The maximum Gasteiger partial charge on any atom is 0.226 e. The number of anilines is 1. The molecular weight excluding hydrogens is 284 g/mol. The van der Waals surface area contributed by atoms with Crippen LogP contribution in [0.4, 0.5) is 5.13 Å². The molecule has 1 aromatic heterocycles. The summed E-state index contributed by atoms with van der Waals surface area (Å²) in [6, 6.07) is 0. The van der Waals surface area contributed by atoms with Crippen LogP contribution < -0.4 is 5.32 Å². The second kappa shape index (κ2) is 8.16. The molecule has 0 saturated carbocycles. The van der Waals surface area contributed by atoms with Gasteiger partial charge in [0.2, 0.25) is 5.91 Å². The Bertz CT molecular complexity index is 520. The number of aliphatic hydroxyl groups is 1. The van der Waals surface area contributed by atoms with Gasteiger partial charge in [-0.3, -0.25) is 4.79 Å². The van der Waals surface area contributed by atoms with Gasteiger partial charge in [-0.1, -0.05) is 50.9 Å². The van der Waals surface area contributed by atoms with Crippen molar-refractivity contribution in [3.63, 3.8) is 0 Å². The predicted molar refractivity (Wildman–Crippen MR) is 87.2 cm³/mol. The number of hydrogen-bond acceptors (Lipinski definition) is 4. The van der Waals surface area contributed by atoms with Crippen molar-refractivity contribution in [1.82, 2.24) is 4.98 Å². The molecule has 0 aliphatic heterocycles. The highest BCUT2D eigenvalue weighted by atomic mass is 32.1. The summed E-state index contributed by atoms with van der Waals surface area (Å²) in [5.41, 5.74) is 0.232. The normalized spacial score (nSPS) is 12.4. The van der Waals surface area contributed by atoms with Crippen molar-refractivity contribution < 1.29 is 9.90 Å². The van der Waals surface area contributed by atoms with Gasteiger partial charge in [0.05, 0.1) is 17.7 Å². The number of nitrogens with zero attached hydrogens (tertiary/aromatic N) is 1. The first-order chi connectivity index (χ1) is 9.80. The van der Waals surface area contributed by atoms with E-state index in [-0.39, 0.29) is 17.9 Å². The number of thiazole rings is 1. The van der Waals surface area contributed by atoms with Crippen molar-refractivity contribution in [3.05, 3.63) is 11.1 Å². The van der Waals surface area contributed by atoms with Gasteiger partial charge in [0.25, 0.3) is 0 Å². The maximum atomic E-state index is 12.0. The summed E-state index contributed by atoms with van der Waals surface area (Å²) in [7, 11) is 0. The summed E-state index contributed by atoms with van der Waals surface area (Å²) >= 11 is 1.35. The standard InChI is InChI=1S/C16H24N2O2S/c1-12(10-16(2,3)4)9-14(20)18-15-17-11-13(21-15)7-5-6-8-19/h11-12,19H,6,8-10H2,1-4H3,(H,17,18,20). The minimum Gasteiger partial charge on any atom is -0.395 e. The molecule has 1 aromatic rings. The van der Waals surface area contributed by atoms with E-state index in [2.05, 4.69) is 49.8 Å². The number of hydrogen-bond donors (Lipinski definition) is 2. The molecule has 116 valence electrons. The number of carbonyl (C=O) groups excluding carboxylic acids is 1. The van der Waals surface area contributed by atoms with Crippen molar-refractivity contribution in [2.24, 2.45) is 11.3 Å². The molecule has 5 heteroatoms. The minimum absolute atomic E-state index is 0.00373. The zero-order valence-electron chi connectivity index (χ0n) is 13.2. The molecular formula is C16H24N2O2S. The van der Waals surface area contributed by atoms with Gasteiger partial charge >= 0.3 is 0 Å². The summed E-state index contributed by atoms with van der Waals surface area (Å²) in [4.78, 5) is 16.9. The zero-order chi connectivity index (χ0) is 15.9. The van der Waals surface area contributed by atoms with Gasteiger partial charge in [-0.2, -0.15) is 0 Å². The van der Waals surface area contributed by atoms with Gasteiger partial charge in [-0.15, -0.1) is 0 Å². The van der Waals surface area contributed by atoms with Crippen molar-refractivity contribution >= 4 is 22.4 Å². The van der Waals surface area contributed by atoms with E-state index in [1.807, 2.05) is 0 Å². The Hall–Kier alpha value is -1.38. The molecule has 2 N–H and O–H groups in total. The number of carbonyl (C=O) groups is 1. The zero-order valence-corrected chi connectivity index (χ0v) is 14.0. The van der Waals surface area contributed by atoms with Crippen molar-refractivity contribution in [1.29, 1.82) is 0 Å². The van der Waals surface area contributed by atoms with Crippen LogP contribution in [-0.4, -0.2) is 22.6 Å². The lowest BCUT2D eigenvalue weighted by molar-refractivity contribution is -0.117. The van der Waals surface area contributed by atoms with E-state index < -0.39 is 0 Å². The fourth-order valence-electron chi connectivity index (χ4n) is 2.20. The molecule has 1 rings (SSSR count). The Morgan fingerprint density at radius 1 is 1.52 bits per heavy atom. The fourth-order valence-corrected chi connectivity index (χ4v) is 2.91. The Labute approximate surface area is 131 Å². The van der Waals surface area contributed by atoms with Gasteiger partial charge in [0.15, 0.2) is 5.13 Å². The largest absolute Gasteiger partial charge is 0.395 e. The molecule has 0 aliphatic carbocycles. The molecule has 1 heterocycles. The van der Waals surface area contributed by atoms with E-state index in [0.29, 0.717) is 23.9 Å². The topological polar surface area (TPSA) is 62.2 Å². The van der Waals surface area contributed by atoms with Gasteiger partial charge in [-0.25, -0.2) is 4.98 Å². The predicted octanol–water partition coefficient (Wildman–Crippen LogP) is 3.28. The summed E-state index contributed by atoms with van der Waals surface area (Å²) in [6.07, 6.45) is 3.60. The third kappa shape index (κ3) is 7.84. The highest BCUT2D eigenvalue weighted by Gasteiger charge is 2.18. The van der Waals surface area contributed by atoms with Crippen LogP contribution in [0.15, 0.2) is 6.20 Å². The first kappa shape index (κ1) is 17.7. The number of rotatable bonds is 5. The third-order valence-corrected chi connectivity index (χ3v) is 3.52. The Balaban J connectivity index is 2.47. The highest BCUT2D eigenvalue weighted by Crippen LogP contribution is 2.26. The molecule has 0 saturated heterocycles. The van der Waals surface area contributed by atoms with Crippen molar-refractivity contribution in [3.8, 4) is 11.8 Å². The van der Waals surface area contributed by atoms with Crippen molar-refractivity contribution in [2.75, 3.05) is 11.9 Å². The van der Waals surface area contributed by atoms with Crippen LogP contribution in [0.25, 0.3) is 0 Å². The van der Waals surface area contributed by atoms with E-state index in [0.717, 1.165) is 11.3 Å². The van der Waals surface area contributed by atoms with Crippen LogP contribution in [0, 0.1) is 23.2 Å². The maximum absolute atomic E-state index is 12.0. The minimum atomic E-state index is -0.00373. The molecule has 0 aromatic carbocycles. The molecule has 1 atom stereocenters. The summed E-state index contributed by atoms with van der Waals surface area (Å²) < 4.78 is 0. The lowest BCUT2D eigenvalue weighted by atomic mass is 9.84. The Morgan fingerprint density at radius 2 is 2.24 bits per heavy atom. The van der Waals surface area contributed by atoms with Crippen LogP contribution in [-0.2, 0) is 4.79 Å². The number of amides is 1. The van der Waals surface area contributed by atoms with Gasteiger partial charge in [0, 0.05) is 12.8 Å². The molecule has 21 heavy (non-hydrogen) atoms. The van der Waals surface area contributed by atoms with Gasteiger partial charge in [-0.05, 0) is 17.8 Å². The smallest absolute Gasteiger partial charge is 0.226 e. The molecule has 1 unspecified atom stereocenters. The first-order valence-corrected chi connectivity index (χ1v) is 7.97. The Morgan fingerprint density at radius 3 is 2.86 bits per heavy atom. The van der Waals surface area contributed by atoms with Crippen LogP contribution in [0.5, 0.6) is 0 Å². The van der Waals surface area contributed by atoms with Crippen LogP contribution in [0.3, 0.4) is 0 Å². The van der Waals surface area contributed by atoms with Crippen LogP contribution in [0.1, 0.15) is 51.8 Å². The average molecular weight is 308 g/mol. The van der Waals surface area contributed by atoms with Crippen LogP contribution >= 0.6 is 11.3 Å². The Kier molecular flexibility index (Phi) is 6.86. The van der Waals surface area contributed by atoms with E-state index in [1.54, 1.807) is 6.20 Å². The number of aliphatic hydroxyl groups excluding tert-OH is 1. The van der Waals surface area contributed by atoms with E-state index in [1.165, 1.54) is 11.3 Å². The second-order valence-corrected chi connectivity index (χ2v) is 7.46. The highest BCUT2D eigenvalue weighted by molar-refractivity contribution is 7.16. The van der Waals surface area contributed by atoms with Gasteiger partial charge in [0.1, 0.15) is 0 Å². The lowest BCUT2D eigenvalue weighted by Gasteiger charge is -2.22. The van der Waals surface area contributed by atoms with Crippen LogP contribution in [0.2, 0.25) is 0 Å². The average Bonchev–Trinajstić information content (AvgIpc) is 2.74. The number of aromatic nitrogens is 1. The summed E-state index contributed by atoms with van der Waals surface area (Å²) in [5, 5.41) is 12.1. The summed E-state index contributed by atoms with van der Waals surface area (Å²) in [6.45, 7) is 8.69. The SMILES string of the molecule is CC(CC(=O)Nc1ncc(C#CCCO)s1)CC(C)(C)C. The van der Waals surface area contributed by atoms with E-state index in [4.69, 9.17) is 5.11 Å². The fraction of sp³-hybridized carbons (Fsp3) is 0.625. The molecule has 0 spiro atoms. The molecule has 1 amide bonds. The van der Waals surface area contributed by atoms with Crippen molar-refractivity contribution in [2.45, 2.75) is 47.0 Å². The number of nitrogens with one attached hydrogen (secondary N) is 1. The first-order valence-electron chi connectivity index (χ1n) is 7.15.